The quantitative estimate of drug-likeness (QED) is 0.355. The number of pyridine rings is 1. The van der Waals surface area contributed by atoms with Gasteiger partial charge in [-0.15, -0.1) is 0 Å². The zero-order valence-corrected chi connectivity index (χ0v) is 21.9. The van der Waals surface area contributed by atoms with Crippen LogP contribution in [0.4, 0.5) is 33.6 Å². The Labute approximate surface area is 222 Å². The van der Waals surface area contributed by atoms with Crippen LogP contribution in [0.2, 0.25) is 0 Å². The molecular formula is C27H34N8O3. The Kier molecular flexibility index (Phi) is 8.25. The van der Waals surface area contributed by atoms with Crippen LogP contribution in [-0.2, 0) is 4.74 Å². The minimum absolute atomic E-state index is 0.273. The summed E-state index contributed by atoms with van der Waals surface area (Å²) in [5.41, 5.74) is 6.84. The van der Waals surface area contributed by atoms with Crippen LogP contribution in [0, 0.1) is 5.92 Å². The van der Waals surface area contributed by atoms with E-state index in [-0.39, 0.29) is 12.0 Å². The van der Waals surface area contributed by atoms with E-state index in [0.717, 1.165) is 12.8 Å². The van der Waals surface area contributed by atoms with Crippen molar-refractivity contribution >= 4 is 40.8 Å². The van der Waals surface area contributed by atoms with Crippen molar-refractivity contribution < 1.29 is 14.3 Å². The summed E-state index contributed by atoms with van der Waals surface area (Å²) in [6.07, 6.45) is 5.87. The van der Waals surface area contributed by atoms with E-state index < -0.39 is 5.60 Å². The zero-order valence-electron chi connectivity index (χ0n) is 21.9. The number of ether oxygens (including phenoxy) is 1. The number of rotatable bonds is 7. The van der Waals surface area contributed by atoms with Crippen LogP contribution in [0.5, 0.6) is 0 Å². The summed E-state index contributed by atoms with van der Waals surface area (Å²) in [4.78, 5) is 39.9. The monoisotopic (exact) mass is 518 g/mol. The third-order valence-electron chi connectivity index (χ3n) is 5.96. The second-order valence-corrected chi connectivity index (χ2v) is 10.2. The molecule has 0 bridgehead atoms. The van der Waals surface area contributed by atoms with E-state index in [1.165, 1.54) is 18.6 Å². The molecule has 1 fully saturated rings. The molecule has 0 radical (unpaired) electrons. The van der Waals surface area contributed by atoms with Crippen molar-refractivity contribution in [2.75, 3.05) is 41.3 Å². The number of likely N-dealkylation sites (tertiary alicyclic amines) is 1. The van der Waals surface area contributed by atoms with Crippen LogP contribution in [0.3, 0.4) is 0 Å². The van der Waals surface area contributed by atoms with Gasteiger partial charge < -0.3 is 31.3 Å². The van der Waals surface area contributed by atoms with Crippen molar-refractivity contribution in [3.63, 3.8) is 0 Å². The molecule has 0 aliphatic carbocycles. The minimum Gasteiger partial charge on any atom is -0.444 e. The van der Waals surface area contributed by atoms with E-state index in [9.17, 15) is 9.59 Å². The van der Waals surface area contributed by atoms with E-state index >= 15 is 0 Å². The topological polar surface area (TPSA) is 147 Å². The normalized spacial score (nSPS) is 14.0. The molecule has 0 spiro atoms. The fourth-order valence-electron chi connectivity index (χ4n) is 4.01. The molecule has 38 heavy (non-hydrogen) atoms. The molecule has 1 aromatic carbocycles. The zero-order chi connectivity index (χ0) is 27.1. The Morgan fingerprint density at radius 2 is 1.74 bits per heavy atom. The maximum absolute atomic E-state index is 13.1. The SMILES string of the molecule is CC(C)(C)OC(=O)N1CCC(CNc2cc(Nc3cnc(N)cn3)ncc2C(=O)Nc2ccccc2)CC1. The van der Waals surface area contributed by atoms with E-state index in [1.54, 1.807) is 11.0 Å². The number of carbonyl (C=O) groups excluding carboxylic acids is 2. The number of para-hydroxylation sites is 1. The van der Waals surface area contributed by atoms with Gasteiger partial charge in [0, 0.05) is 37.6 Å². The maximum atomic E-state index is 13.1. The molecule has 2 amide bonds. The molecule has 0 atom stereocenters. The lowest BCUT2D eigenvalue weighted by molar-refractivity contribution is 0.0188. The highest BCUT2D eigenvalue weighted by Crippen LogP contribution is 2.25. The number of piperidine rings is 1. The molecular weight excluding hydrogens is 484 g/mol. The fourth-order valence-corrected chi connectivity index (χ4v) is 4.01. The van der Waals surface area contributed by atoms with Crippen molar-refractivity contribution in [3.05, 3.63) is 60.6 Å². The van der Waals surface area contributed by atoms with Crippen molar-refractivity contribution in [1.29, 1.82) is 0 Å². The highest BCUT2D eigenvalue weighted by molar-refractivity contribution is 6.08. The minimum atomic E-state index is -0.517. The van der Waals surface area contributed by atoms with Gasteiger partial charge in [-0.25, -0.2) is 19.7 Å². The lowest BCUT2D eigenvalue weighted by Gasteiger charge is -2.33. The van der Waals surface area contributed by atoms with Crippen molar-refractivity contribution in [2.24, 2.45) is 5.92 Å². The first-order valence-electron chi connectivity index (χ1n) is 12.6. The number of nitrogens with one attached hydrogen (secondary N) is 3. The molecule has 11 heteroatoms. The first kappa shape index (κ1) is 26.6. The van der Waals surface area contributed by atoms with E-state index in [0.29, 0.717) is 59.9 Å². The van der Waals surface area contributed by atoms with Gasteiger partial charge >= 0.3 is 6.09 Å². The van der Waals surface area contributed by atoms with Crippen LogP contribution in [0.15, 0.2) is 55.0 Å². The van der Waals surface area contributed by atoms with Crippen molar-refractivity contribution in [1.82, 2.24) is 19.9 Å². The summed E-state index contributed by atoms with van der Waals surface area (Å²) in [7, 11) is 0. The number of hydrogen-bond acceptors (Lipinski definition) is 9. The summed E-state index contributed by atoms with van der Waals surface area (Å²) < 4.78 is 5.50. The van der Waals surface area contributed by atoms with Crippen LogP contribution in [0.1, 0.15) is 44.0 Å². The number of nitrogen functional groups attached to an aromatic ring is 1. The molecule has 2 aromatic heterocycles. The molecule has 0 unspecified atom stereocenters. The number of aromatic nitrogens is 3. The molecule has 3 heterocycles. The second-order valence-electron chi connectivity index (χ2n) is 10.2. The van der Waals surface area contributed by atoms with Crippen LogP contribution >= 0.6 is 0 Å². The largest absolute Gasteiger partial charge is 0.444 e. The van der Waals surface area contributed by atoms with Gasteiger partial charge in [0.05, 0.1) is 23.6 Å². The van der Waals surface area contributed by atoms with Gasteiger partial charge in [-0.3, -0.25) is 4.79 Å². The summed E-state index contributed by atoms with van der Waals surface area (Å²) in [5, 5.41) is 9.44. The Morgan fingerprint density at radius 1 is 1.03 bits per heavy atom. The predicted octanol–water partition coefficient (Wildman–Crippen LogP) is 4.51. The molecule has 4 rings (SSSR count). The van der Waals surface area contributed by atoms with Crippen LogP contribution in [-0.4, -0.2) is 57.1 Å². The van der Waals surface area contributed by atoms with Gasteiger partial charge in [0.25, 0.3) is 5.91 Å². The average Bonchev–Trinajstić information content (AvgIpc) is 2.89. The van der Waals surface area contributed by atoms with Crippen LogP contribution in [0.25, 0.3) is 0 Å². The molecule has 1 aliphatic heterocycles. The average molecular weight is 519 g/mol. The molecule has 11 nitrogen and oxygen atoms in total. The fraction of sp³-hybridized carbons (Fsp3) is 0.370. The molecule has 0 saturated carbocycles. The number of hydrogen-bond donors (Lipinski definition) is 4. The van der Waals surface area contributed by atoms with E-state index in [2.05, 4.69) is 30.9 Å². The Hall–Kier alpha value is -4.41. The molecule has 1 saturated heterocycles. The first-order valence-corrected chi connectivity index (χ1v) is 12.6. The summed E-state index contributed by atoms with van der Waals surface area (Å²) in [5.74, 6) is 1.35. The summed E-state index contributed by atoms with van der Waals surface area (Å²) >= 11 is 0. The maximum Gasteiger partial charge on any atom is 0.410 e. The lowest BCUT2D eigenvalue weighted by Crippen LogP contribution is -2.42. The molecule has 200 valence electrons. The standard InChI is InChI=1S/C27H34N8O3/c1-27(2,3)38-26(37)35-11-9-18(10-12-35)14-29-21-13-23(34-24-17-30-22(28)16-32-24)31-15-20(21)25(36)33-19-7-5-4-6-8-19/h4-8,13,15-18H,9-12,14H2,1-3H3,(H2,28,30)(H,33,36)(H2,29,31,32,34). The van der Waals surface area contributed by atoms with E-state index in [1.807, 2.05) is 51.1 Å². The van der Waals surface area contributed by atoms with Gasteiger partial charge in [-0.05, 0) is 51.7 Å². The summed E-state index contributed by atoms with van der Waals surface area (Å²) in [6.45, 7) is 7.49. The highest BCUT2D eigenvalue weighted by atomic mass is 16.6. The van der Waals surface area contributed by atoms with Gasteiger partial charge in [-0.1, -0.05) is 18.2 Å². The van der Waals surface area contributed by atoms with E-state index in [4.69, 9.17) is 10.5 Å². The number of benzene rings is 1. The Balaban J connectivity index is 1.44. The number of nitrogens with zero attached hydrogens (tertiary/aromatic N) is 4. The predicted molar refractivity (Wildman–Crippen MR) is 147 cm³/mol. The number of carbonyl (C=O) groups is 2. The highest BCUT2D eigenvalue weighted by Gasteiger charge is 2.27. The Morgan fingerprint density at radius 3 is 2.39 bits per heavy atom. The first-order chi connectivity index (χ1) is 18.2. The third-order valence-corrected chi connectivity index (χ3v) is 5.96. The smallest absolute Gasteiger partial charge is 0.410 e. The third kappa shape index (κ3) is 7.55. The van der Waals surface area contributed by atoms with Gasteiger partial charge in [0.2, 0.25) is 0 Å². The number of amides is 2. The molecule has 3 aromatic rings. The molecule has 1 aliphatic rings. The second kappa shape index (κ2) is 11.8. The Bertz CT molecular complexity index is 1240. The van der Waals surface area contributed by atoms with Gasteiger partial charge in [0.15, 0.2) is 0 Å². The van der Waals surface area contributed by atoms with Crippen molar-refractivity contribution in [3.8, 4) is 0 Å². The lowest BCUT2D eigenvalue weighted by atomic mass is 9.97. The molecule has 5 N–H and O–H groups in total. The number of anilines is 5. The number of nitrogens with two attached hydrogens (primary N) is 1. The summed E-state index contributed by atoms with van der Waals surface area (Å²) in [6, 6.07) is 11.0. The van der Waals surface area contributed by atoms with Crippen LogP contribution < -0.4 is 21.7 Å². The van der Waals surface area contributed by atoms with Gasteiger partial charge in [-0.2, -0.15) is 0 Å². The van der Waals surface area contributed by atoms with Crippen molar-refractivity contribution in [2.45, 2.75) is 39.2 Å². The van der Waals surface area contributed by atoms with Gasteiger partial charge in [0.1, 0.15) is 23.1 Å².